The second kappa shape index (κ2) is 5.80. The molecular formula is C16H16N4O. The molecule has 1 fully saturated rings. The van der Waals surface area contributed by atoms with E-state index in [0.717, 1.165) is 42.3 Å². The zero-order valence-electron chi connectivity index (χ0n) is 11.6. The molecule has 106 valence electrons. The largest absolute Gasteiger partial charge is 0.349 e. The number of hydrogen-bond acceptors (Lipinski definition) is 3. The minimum Gasteiger partial charge on any atom is -0.349 e. The van der Waals surface area contributed by atoms with E-state index in [1.54, 1.807) is 18.5 Å². The van der Waals surface area contributed by atoms with Crippen LogP contribution < -0.4 is 5.32 Å². The molecule has 21 heavy (non-hydrogen) atoms. The lowest BCUT2D eigenvalue weighted by atomic mass is 10.1. The molecule has 0 spiro atoms. The molecule has 0 aliphatic heterocycles. The van der Waals surface area contributed by atoms with Gasteiger partial charge in [0.2, 0.25) is 0 Å². The lowest BCUT2D eigenvalue weighted by molar-refractivity contribution is -0.117. The summed E-state index contributed by atoms with van der Waals surface area (Å²) in [6, 6.07) is 5.94. The first-order valence-corrected chi connectivity index (χ1v) is 7.12. The zero-order valence-corrected chi connectivity index (χ0v) is 11.6. The number of pyridine rings is 1. The molecule has 0 aromatic carbocycles. The Morgan fingerprint density at radius 1 is 1.48 bits per heavy atom. The van der Waals surface area contributed by atoms with E-state index in [4.69, 9.17) is 0 Å². The average Bonchev–Trinajstić information content (AvgIpc) is 3.14. The van der Waals surface area contributed by atoms with E-state index in [1.807, 2.05) is 18.2 Å². The molecule has 1 aliphatic rings. The van der Waals surface area contributed by atoms with Crippen LogP contribution in [0.25, 0.3) is 17.1 Å². The van der Waals surface area contributed by atoms with E-state index < -0.39 is 0 Å². The average molecular weight is 280 g/mol. The van der Waals surface area contributed by atoms with Crippen LogP contribution in [0, 0.1) is 11.3 Å². The van der Waals surface area contributed by atoms with Gasteiger partial charge in [-0.15, -0.1) is 0 Å². The Bertz CT molecular complexity index is 732. The number of carbonyl (C=O) groups excluding carboxylic acids is 1. The third kappa shape index (κ3) is 2.79. The van der Waals surface area contributed by atoms with E-state index >= 15 is 0 Å². The summed E-state index contributed by atoms with van der Waals surface area (Å²) >= 11 is 0. The molecule has 2 aromatic heterocycles. The van der Waals surface area contributed by atoms with Crippen LogP contribution in [0.15, 0.2) is 30.1 Å². The fourth-order valence-electron chi connectivity index (χ4n) is 2.73. The third-order valence-corrected chi connectivity index (χ3v) is 3.84. The molecule has 2 aromatic rings. The van der Waals surface area contributed by atoms with Gasteiger partial charge in [0.15, 0.2) is 0 Å². The van der Waals surface area contributed by atoms with Gasteiger partial charge in [-0.1, -0.05) is 12.8 Å². The monoisotopic (exact) mass is 280 g/mol. The molecule has 0 unspecified atom stereocenters. The summed E-state index contributed by atoms with van der Waals surface area (Å²) in [6.45, 7) is 0. The lowest BCUT2D eigenvalue weighted by Crippen LogP contribution is -2.33. The van der Waals surface area contributed by atoms with Crippen LogP contribution in [0.1, 0.15) is 31.2 Å². The SMILES string of the molecule is N#C/C(=C\c1c[nH]c2ncccc12)C(=O)NC1CCCC1. The van der Waals surface area contributed by atoms with Gasteiger partial charge in [0.05, 0.1) is 0 Å². The van der Waals surface area contributed by atoms with Gasteiger partial charge < -0.3 is 10.3 Å². The van der Waals surface area contributed by atoms with E-state index in [-0.39, 0.29) is 17.5 Å². The zero-order chi connectivity index (χ0) is 14.7. The smallest absolute Gasteiger partial charge is 0.262 e. The summed E-state index contributed by atoms with van der Waals surface area (Å²) in [4.78, 5) is 19.4. The van der Waals surface area contributed by atoms with Crippen LogP contribution in [0.2, 0.25) is 0 Å². The molecule has 1 saturated carbocycles. The van der Waals surface area contributed by atoms with Crippen molar-refractivity contribution >= 4 is 23.0 Å². The number of rotatable bonds is 3. The molecule has 2 N–H and O–H groups in total. The van der Waals surface area contributed by atoms with Crippen molar-refractivity contribution in [2.24, 2.45) is 0 Å². The molecule has 0 saturated heterocycles. The standard InChI is InChI=1S/C16H16N4O/c17-9-11(16(21)20-13-4-1-2-5-13)8-12-10-19-15-14(12)6-3-7-18-15/h3,6-8,10,13H,1-2,4-5H2,(H,18,19)(H,20,21)/b11-8+. The highest BCUT2D eigenvalue weighted by Crippen LogP contribution is 2.20. The maximum absolute atomic E-state index is 12.2. The fraction of sp³-hybridized carbons (Fsp3) is 0.312. The van der Waals surface area contributed by atoms with Crippen molar-refractivity contribution < 1.29 is 4.79 Å². The van der Waals surface area contributed by atoms with Crippen LogP contribution in [-0.4, -0.2) is 21.9 Å². The Labute approximate surface area is 122 Å². The Morgan fingerprint density at radius 2 is 2.29 bits per heavy atom. The summed E-state index contributed by atoms with van der Waals surface area (Å²) in [5.74, 6) is -0.289. The van der Waals surface area contributed by atoms with Crippen molar-refractivity contribution in [3.8, 4) is 6.07 Å². The lowest BCUT2D eigenvalue weighted by Gasteiger charge is -2.10. The first-order valence-electron chi connectivity index (χ1n) is 7.12. The van der Waals surface area contributed by atoms with Crippen molar-refractivity contribution in [2.75, 3.05) is 0 Å². The molecule has 5 nitrogen and oxygen atoms in total. The minimum atomic E-state index is -0.289. The van der Waals surface area contributed by atoms with E-state index in [9.17, 15) is 10.1 Å². The first kappa shape index (κ1) is 13.4. The summed E-state index contributed by atoms with van der Waals surface area (Å²) < 4.78 is 0. The Balaban J connectivity index is 1.85. The van der Waals surface area contributed by atoms with Crippen LogP contribution in [0.3, 0.4) is 0 Å². The molecule has 1 amide bonds. The van der Waals surface area contributed by atoms with Gasteiger partial charge in [0, 0.05) is 29.4 Å². The van der Waals surface area contributed by atoms with E-state index in [1.165, 1.54) is 0 Å². The number of nitrogens with one attached hydrogen (secondary N) is 2. The number of carbonyl (C=O) groups is 1. The summed E-state index contributed by atoms with van der Waals surface area (Å²) in [5.41, 5.74) is 1.68. The highest BCUT2D eigenvalue weighted by molar-refractivity contribution is 6.03. The van der Waals surface area contributed by atoms with E-state index in [0.29, 0.717) is 0 Å². The van der Waals surface area contributed by atoms with Crippen LogP contribution >= 0.6 is 0 Å². The number of nitriles is 1. The summed E-state index contributed by atoms with van der Waals surface area (Å²) in [7, 11) is 0. The van der Waals surface area contributed by atoms with Crippen molar-refractivity contribution in [3.05, 3.63) is 35.7 Å². The van der Waals surface area contributed by atoms with Crippen LogP contribution in [0.4, 0.5) is 0 Å². The number of hydrogen-bond donors (Lipinski definition) is 2. The van der Waals surface area contributed by atoms with Gasteiger partial charge in [-0.3, -0.25) is 4.79 Å². The molecule has 3 rings (SSSR count). The van der Waals surface area contributed by atoms with Gasteiger partial charge in [0.25, 0.3) is 5.91 Å². The quantitative estimate of drug-likeness (QED) is 0.669. The molecule has 2 heterocycles. The van der Waals surface area contributed by atoms with Crippen LogP contribution in [0.5, 0.6) is 0 Å². The molecular weight excluding hydrogens is 264 g/mol. The van der Waals surface area contributed by atoms with Crippen molar-refractivity contribution in [1.82, 2.24) is 15.3 Å². The first-order chi connectivity index (χ1) is 10.3. The van der Waals surface area contributed by atoms with Gasteiger partial charge in [-0.2, -0.15) is 5.26 Å². The Hall–Kier alpha value is -2.61. The topological polar surface area (TPSA) is 81.6 Å². The number of aromatic amines is 1. The highest BCUT2D eigenvalue weighted by atomic mass is 16.1. The third-order valence-electron chi connectivity index (χ3n) is 3.84. The van der Waals surface area contributed by atoms with Gasteiger partial charge >= 0.3 is 0 Å². The number of nitrogens with zero attached hydrogens (tertiary/aromatic N) is 2. The van der Waals surface area contributed by atoms with E-state index in [2.05, 4.69) is 15.3 Å². The maximum atomic E-state index is 12.2. The number of fused-ring (bicyclic) bond motifs is 1. The molecule has 0 bridgehead atoms. The van der Waals surface area contributed by atoms with Crippen LogP contribution in [-0.2, 0) is 4.79 Å². The normalized spacial score (nSPS) is 16.0. The molecule has 0 atom stereocenters. The molecule has 0 radical (unpaired) electrons. The number of amides is 1. The maximum Gasteiger partial charge on any atom is 0.262 e. The van der Waals surface area contributed by atoms with Crippen molar-refractivity contribution in [3.63, 3.8) is 0 Å². The Morgan fingerprint density at radius 3 is 3.05 bits per heavy atom. The second-order valence-electron chi connectivity index (χ2n) is 5.27. The fourth-order valence-corrected chi connectivity index (χ4v) is 2.73. The Kier molecular flexibility index (Phi) is 3.69. The number of H-pyrrole nitrogens is 1. The predicted molar refractivity (Wildman–Crippen MR) is 80.1 cm³/mol. The minimum absolute atomic E-state index is 0.131. The predicted octanol–water partition coefficient (Wildman–Crippen LogP) is 2.53. The summed E-state index contributed by atoms with van der Waals surface area (Å²) in [5, 5.41) is 13.1. The molecule has 1 aliphatic carbocycles. The second-order valence-corrected chi connectivity index (χ2v) is 5.27. The van der Waals surface area contributed by atoms with Gasteiger partial charge in [-0.25, -0.2) is 4.98 Å². The molecule has 5 heteroatoms. The highest BCUT2D eigenvalue weighted by Gasteiger charge is 2.19. The summed E-state index contributed by atoms with van der Waals surface area (Å²) in [6.07, 6.45) is 9.37. The van der Waals surface area contributed by atoms with Gasteiger partial charge in [0.1, 0.15) is 17.3 Å². The van der Waals surface area contributed by atoms with Crippen molar-refractivity contribution in [2.45, 2.75) is 31.7 Å². The number of aromatic nitrogens is 2. The van der Waals surface area contributed by atoms with Crippen molar-refractivity contribution in [1.29, 1.82) is 5.26 Å². The van der Waals surface area contributed by atoms with Gasteiger partial charge in [-0.05, 0) is 31.1 Å².